The van der Waals surface area contributed by atoms with Crippen LogP contribution in [0.15, 0.2) is 0 Å². The normalized spacial score (nSPS) is 34.3. The van der Waals surface area contributed by atoms with E-state index in [0.717, 1.165) is 5.92 Å². The van der Waals surface area contributed by atoms with Gasteiger partial charge >= 0.3 is 0 Å². The maximum atomic E-state index is 3.52. The smallest absolute Gasteiger partial charge is 0.0438 e. The molecule has 0 aliphatic heterocycles. The maximum absolute atomic E-state index is 3.52. The Morgan fingerprint density at radius 1 is 1.71 bits per heavy atom. The molecule has 7 heavy (non-hydrogen) atoms. The molecule has 1 fully saturated rings. The minimum absolute atomic E-state index is 0.847. The molecule has 1 aliphatic carbocycles. The molecule has 1 saturated carbocycles. The van der Waals surface area contributed by atoms with Gasteiger partial charge in [-0.3, -0.25) is 0 Å². The molecule has 1 unspecified atom stereocenters. The highest BCUT2D eigenvalue weighted by Crippen LogP contribution is 2.37. The Hall–Kier alpha value is 0.480. The molecule has 0 nitrogen and oxygen atoms in total. The summed E-state index contributed by atoms with van der Waals surface area (Å²) in [5.74, 6) is 0.847. The summed E-state index contributed by atoms with van der Waals surface area (Å²) in [5.41, 5.74) is 0. The van der Waals surface area contributed by atoms with Gasteiger partial charge in [-0.1, -0.05) is 29.3 Å². The fourth-order valence-corrected chi connectivity index (χ4v) is 1.49. The molecule has 1 radical (unpaired) electrons. The van der Waals surface area contributed by atoms with Gasteiger partial charge in [0.1, 0.15) is 0 Å². The first-order chi connectivity index (χ1) is 3.30. The first-order valence-electron chi connectivity index (χ1n) is 2.82. The van der Waals surface area contributed by atoms with Gasteiger partial charge in [0.25, 0.3) is 0 Å². The van der Waals surface area contributed by atoms with Crippen molar-refractivity contribution in [2.75, 3.05) is 0 Å². The minimum atomic E-state index is 0.847. The van der Waals surface area contributed by atoms with Crippen LogP contribution in [-0.4, -0.2) is 0 Å². The molecule has 1 atom stereocenters. The van der Waals surface area contributed by atoms with E-state index in [1.165, 1.54) is 24.1 Å². The van der Waals surface area contributed by atoms with E-state index in [-0.39, 0.29) is 0 Å². The molecule has 1 aliphatic rings. The predicted molar refractivity (Wildman–Crippen MR) is 35.2 cm³/mol. The molecule has 0 aromatic carbocycles. The van der Waals surface area contributed by atoms with Gasteiger partial charge in [-0.2, -0.15) is 0 Å². The Bertz CT molecular complexity index is 53.2. The van der Waals surface area contributed by atoms with Crippen LogP contribution in [0.2, 0.25) is 0 Å². The molecule has 0 amide bonds. The van der Waals surface area contributed by atoms with Crippen molar-refractivity contribution >= 4 is 15.9 Å². The topological polar surface area (TPSA) is 0 Å². The Balaban J connectivity index is 2.33. The van der Waals surface area contributed by atoms with Gasteiger partial charge in [-0.05, 0) is 18.8 Å². The lowest BCUT2D eigenvalue weighted by Crippen LogP contribution is -1.89. The van der Waals surface area contributed by atoms with E-state index in [0.29, 0.717) is 0 Å². The van der Waals surface area contributed by atoms with Crippen LogP contribution in [0.25, 0.3) is 0 Å². The van der Waals surface area contributed by atoms with Gasteiger partial charge < -0.3 is 0 Å². The summed E-state index contributed by atoms with van der Waals surface area (Å²) >= 11 is 3.52. The number of rotatable bonds is 0. The molecular weight excluding hydrogens is 152 g/mol. The Morgan fingerprint density at radius 3 is 2.57 bits per heavy atom. The van der Waals surface area contributed by atoms with Crippen molar-refractivity contribution in [2.24, 2.45) is 5.92 Å². The van der Waals surface area contributed by atoms with E-state index in [4.69, 9.17) is 0 Å². The van der Waals surface area contributed by atoms with E-state index in [1.54, 1.807) is 0 Å². The van der Waals surface area contributed by atoms with Gasteiger partial charge in [0.2, 0.25) is 0 Å². The zero-order valence-electron chi connectivity index (χ0n) is 4.58. The lowest BCUT2D eigenvalue weighted by atomic mass is 10.1. The summed E-state index contributed by atoms with van der Waals surface area (Å²) in [7, 11) is 0. The van der Waals surface area contributed by atoms with Crippen molar-refractivity contribution in [3.05, 3.63) is 4.83 Å². The van der Waals surface area contributed by atoms with Gasteiger partial charge in [0, 0.05) is 4.83 Å². The average molecular weight is 162 g/mol. The van der Waals surface area contributed by atoms with Crippen LogP contribution in [0.4, 0.5) is 0 Å². The van der Waals surface area contributed by atoms with E-state index >= 15 is 0 Å². The summed E-state index contributed by atoms with van der Waals surface area (Å²) in [6, 6.07) is 0. The fourth-order valence-electron chi connectivity index (χ4n) is 0.980. The number of halogens is 1. The molecule has 0 N–H and O–H groups in total. The summed E-state index contributed by atoms with van der Waals surface area (Å²) in [6.45, 7) is 2.27. The highest BCUT2D eigenvalue weighted by Gasteiger charge is 2.20. The third kappa shape index (κ3) is 1.18. The number of hydrogen-bond acceptors (Lipinski definition) is 0. The lowest BCUT2D eigenvalue weighted by molar-refractivity contribution is 0.685. The van der Waals surface area contributed by atoms with Crippen LogP contribution in [0.1, 0.15) is 26.2 Å². The van der Waals surface area contributed by atoms with Crippen molar-refractivity contribution < 1.29 is 0 Å². The second kappa shape index (κ2) is 2.17. The summed E-state index contributed by atoms with van der Waals surface area (Å²) < 4.78 is 0. The van der Waals surface area contributed by atoms with Crippen LogP contribution in [-0.2, 0) is 0 Å². The third-order valence-corrected chi connectivity index (χ3v) is 2.77. The van der Waals surface area contributed by atoms with Crippen LogP contribution in [0.5, 0.6) is 0 Å². The van der Waals surface area contributed by atoms with Gasteiger partial charge in [0.05, 0.1) is 0 Å². The van der Waals surface area contributed by atoms with Crippen LogP contribution >= 0.6 is 15.9 Å². The lowest BCUT2D eigenvalue weighted by Gasteiger charge is -2.01. The maximum Gasteiger partial charge on any atom is 0.0438 e. The van der Waals surface area contributed by atoms with E-state index < -0.39 is 0 Å². The van der Waals surface area contributed by atoms with E-state index in [1.807, 2.05) is 0 Å². The SMILES string of the molecule is CC1CCC[C]1Br. The molecule has 0 heterocycles. The zero-order valence-corrected chi connectivity index (χ0v) is 6.16. The first-order valence-corrected chi connectivity index (χ1v) is 3.61. The fraction of sp³-hybridized carbons (Fsp3) is 0.833. The summed E-state index contributed by atoms with van der Waals surface area (Å²) in [4.78, 5) is 1.52. The van der Waals surface area contributed by atoms with E-state index in [9.17, 15) is 0 Å². The van der Waals surface area contributed by atoms with Gasteiger partial charge in [-0.25, -0.2) is 0 Å². The van der Waals surface area contributed by atoms with Crippen molar-refractivity contribution in [3.63, 3.8) is 0 Å². The Labute approximate surface area is 53.4 Å². The zero-order chi connectivity index (χ0) is 5.28. The summed E-state index contributed by atoms with van der Waals surface area (Å²) in [5, 5.41) is 0. The van der Waals surface area contributed by atoms with Gasteiger partial charge in [-0.15, -0.1) is 0 Å². The van der Waals surface area contributed by atoms with Crippen molar-refractivity contribution in [1.29, 1.82) is 0 Å². The molecule has 0 saturated heterocycles. The quantitative estimate of drug-likeness (QED) is 0.513. The second-order valence-corrected chi connectivity index (χ2v) is 3.26. The number of hydrogen-bond donors (Lipinski definition) is 0. The Morgan fingerprint density at radius 2 is 2.43 bits per heavy atom. The largest absolute Gasteiger partial charge is 0.0835 e. The molecule has 1 heteroatoms. The van der Waals surface area contributed by atoms with E-state index in [2.05, 4.69) is 22.9 Å². The van der Waals surface area contributed by atoms with Crippen LogP contribution < -0.4 is 0 Å². The minimum Gasteiger partial charge on any atom is -0.0835 e. The van der Waals surface area contributed by atoms with Crippen LogP contribution in [0.3, 0.4) is 0 Å². The molecular formula is C6H10Br. The highest BCUT2D eigenvalue weighted by molar-refractivity contribution is 9.11. The average Bonchev–Trinajstić information content (AvgIpc) is 1.91. The first kappa shape index (κ1) is 5.61. The van der Waals surface area contributed by atoms with Crippen LogP contribution in [0, 0.1) is 10.7 Å². The predicted octanol–water partition coefficient (Wildman–Crippen LogP) is 2.73. The molecule has 1 rings (SSSR count). The van der Waals surface area contributed by atoms with Crippen molar-refractivity contribution in [2.45, 2.75) is 26.2 Å². The standard InChI is InChI=1S/C6H10Br/c1-5-3-2-4-6(5)7/h5H,2-4H2,1H3. The molecule has 0 bridgehead atoms. The summed E-state index contributed by atoms with van der Waals surface area (Å²) in [6.07, 6.45) is 4.09. The molecule has 0 spiro atoms. The Kier molecular flexibility index (Phi) is 1.74. The van der Waals surface area contributed by atoms with Crippen molar-refractivity contribution in [1.82, 2.24) is 0 Å². The molecule has 41 valence electrons. The molecule has 0 aromatic rings. The monoisotopic (exact) mass is 161 g/mol. The molecule has 0 aromatic heterocycles. The van der Waals surface area contributed by atoms with Crippen molar-refractivity contribution in [3.8, 4) is 0 Å². The second-order valence-electron chi connectivity index (χ2n) is 2.24. The van der Waals surface area contributed by atoms with Gasteiger partial charge in [0.15, 0.2) is 0 Å². The highest BCUT2D eigenvalue weighted by atomic mass is 79.9. The third-order valence-electron chi connectivity index (χ3n) is 1.59.